The molecule has 1 aromatic carbocycles. The Morgan fingerprint density at radius 2 is 2.00 bits per heavy atom. The molecule has 0 aliphatic heterocycles. The van der Waals surface area contributed by atoms with E-state index in [0.29, 0.717) is 15.6 Å². The molecular weight excluding hydrogens is 375 g/mol. The van der Waals surface area contributed by atoms with Crippen molar-refractivity contribution < 1.29 is 4.79 Å². The first-order valence-corrected chi connectivity index (χ1v) is 7.77. The van der Waals surface area contributed by atoms with E-state index in [2.05, 4.69) is 20.9 Å². The molecule has 0 fully saturated rings. The molecule has 2 rings (SSSR count). The number of rotatable bonds is 3. The normalized spacial score (nSPS) is 12.0. The predicted molar refractivity (Wildman–Crippen MR) is 88.9 cm³/mol. The summed E-state index contributed by atoms with van der Waals surface area (Å²) in [4.78, 5) is 18.1. The Balaban J connectivity index is 2.26. The third-order valence-electron chi connectivity index (χ3n) is 3.27. The van der Waals surface area contributed by atoms with Crippen LogP contribution in [0.2, 0.25) is 10.0 Å². The zero-order valence-electron chi connectivity index (χ0n) is 11.5. The molecule has 6 heteroatoms. The van der Waals surface area contributed by atoms with Gasteiger partial charge in [-0.3, -0.25) is 9.78 Å². The van der Waals surface area contributed by atoms with Gasteiger partial charge in [-0.15, -0.1) is 0 Å². The van der Waals surface area contributed by atoms with E-state index in [9.17, 15) is 4.79 Å². The number of pyridine rings is 1. The van der Waals surface area contributed by atoms with Crippen molar-refractivity contribution in [2.45, 2.75) is 13.0 Å². The fourth-order valence-corrected chi connectivity index (χ4v) is 2.89. The smallest absolute Gasteiger partial charge is 0.255 e. The molecule has 1 amide bonds. The minimum atomic E-state index is -0.179. The largest absolute Gasteiger partial charge is 0.335 e. The molecule has 0 saturated carbocycles. The first-order chi connectivity index (χ1) is 9.90. The van der Waals surface area contributed by atoms with Gasteiger partial charge < -0.3 is 4.90 Å². The lowest BCUT2D eigenvalue weighted by Gasteiger charge is -2.26. The van der Waals surface area contributed by atoms with Crippen LogP contribution in [0, 0.1) is 0 Å². The minimum Gasteiger partial charge on any atom is -0.335 e. The van der Waals surface area contributed by atoms with Crippen molar-refractivity contribution in [2.75, 3.05) is 7.05 Å². The third-order valence-corrected chi connectivity index (χ3v) is 4.26. The van der Waals surface area contributed by atoms with Crippen LogP contribution in [0.15, 0.2) is 41.1 Å². The van der Waals surface area contributed by atoms with E-state index in [0.717, 1.165) is 10.0 Å². The molecule has 1 heterocycles. The van der Waals surface area contributed by atoms with Crippen LogP contribution < -0.4 is 0 Å². The number of nitrogens with zero attached hydrogens (tertiary/aromatic N) is 2. The summed E-state index contributed by atoms with van der Waals surface area (Å²) in [5.41, 5.74) is 1.36. The maximum absolute atomic E-state index is 12.5. The van der Waals surface area contributed by atoms with Crippen molar-refractivity contribution in [1.29, 1.82) is 0 Å². The Hall–Kier alpha value is -1.10. The molecule has 0 aliphatic rings. The quantitative estimate of drug-likeness (QED) is 0.743. The van der Waals surface area contributed by atoms with Crippen LogP contribution in [0.5, 0.6) is 0 Å². The summed E-state index contributed by atoms with van der Waals surface area (Å²) < 4.78 is 0.763. The van der Waals surface area contributed by atoms with Crippen LogP contribution in [-0.4, -0.2) is 22.8 Å². The average molecular weight is 388 g/mol. The van der Waals surface area contributed by atoms with E-state index in [1.54, 1.807) is 42.5 Å². The van der Waals surface area contributed by atoms with Gasteiger partial charge in [0.15, 0.2) is 0 Å². The lowest BCUT2D eigenvalue weighted by molar-refractivity contribution is 0.0742. The monoisotopic (exact) mass is 386 g/mol. The standard InChI is InChI=1S/C15H13BrCl2N2O/c1-9(13-4-3-12(17)6-14(13)18)20(2)15(21)10-5-11(16)8-19-7-10/h3-9H,1-2H3. The number of halogens is 3. The van der Waals surface area contributed by atoms with Crippen LogP contribution in [-0.2, 0) is 0 Å². The molecule has 0 saturated heterocycles. The van der Waals surface area contributed by atoms with Crippen molar-refractivity contribution >= 4 is 45.0 Å². The second-order valence-corrected chi connectivity index (χ2v) is 6.41. The number of amides is 1. The van der Waals surface area contributed by atoms with Crippen molar-refractivity contribution in [3.63, 3.8) is 0 Å². The van der Waals surface area contributed by atoms with E-state index in [4.69, 9.17) is 23.2 Å². The molecule has 21 heavy (non-hydrogen) atoms. The second-order valence-electron chi connectivity index (χ2n) is 4.65. The van der Waals surface area contributed by atoms with Gasteiger partial charge in [-0.05, 0) is 46.6 Å². The van der Waals surface area contributed by atoms with Crippen molar-refractivity contribution in [1.82, 2.24) is 9.88 Å². The number of aromatic nitrogens is 1. The maximum Gasteiger partial charge on any atom is 0.255 e. The van der Waals surface area contributed by atoms with Crippen LogP contribution in [0.1, 0.15) is 28.9 Å². The minimum absolute atomic E-state index is 0.123. The van der Waals surface area contributed by atoms with Gasteiger partial charge in [-0.1, -0.05) is 29.3 Å². The van der Waals surface area contributed by atoms with E-state index in [1.807, 2.05) is 13.0 Å². The molecule has 1 unspecified atom stereocenters. The Morgan fingerprint density at radius 1 is 1.29 bits per heavy atom. The molecule has 1 atom stereocenters. The highest BCUT2D eigenvalue weighted by atomic mass is 79.9. The van der Waals surface area contributed by atoms with E-state index < -0.39 is 0 Å². The summed E-state index contributed by atoms with van der Waals surface area (Å²) in [5, 5.41) is 1.11. The molecule has 2 aromatic rings. The van der Waals surface area contributed by atoms with E-state index in [-0.39, 0.29) is 11.9 Å². The highest BCUT2D eigenvalue weighted by molar-refractivity contribution is 9.10. The fourth-order valence-electron chi connectivity index (χ4n) is 1.96. The van der Waals surface area contributed by atoms with Gasteiger partial charge in [-0.2, -0.15) is 0 Å². The van der Waals surface area contributed by atoms with Crippen molar-refractivity contribution in [2.24, 2.45) is 0 Å². The Labute approximate surface area is 142 Å². The lowest BCUT2D eigenvalue weighted by atomic mass is 10.1. The summed E-state index contributed by atoms with van der Waals surface area (Å²) in [6, 6.07) is 6.83. The summed E-state index contributed by atoms with van der Waals surface area (Å²) >= 11 is 15.4. The van der Waals surface area contributed by atoms with Crippen LogP contribution in [0.3, 0.4) is 0 Å². The van der Waals surface area contributed by atoms with Gasteiger partial charge in [-0.25, -0.2) is 0 Å². The maximum atomic E-state index is 12.5. The van der Waals surface area contributed by atoms with Gasteiger partial charge in [0, 0.05) is 34.0 Å². The van der Waals surface area contributed by atoms with E-state index >= 15 is 0 Å². The summed E-state index contributed by atoms with van der Waals surface area (Å²) in [7, 11) is 1.73. The Morgan fingerprint density at radius 3 is 2.62 bits per heavy atom. The van der Waals surface area contributed by atoms with E-state index in [1.165, 1.54) is 0 Å². The fraction of sp³-hybridized carbons (Fsp3) is 0.200. The van der Waals surface area contributed by atoms with Crippen LogP contribution in [0.4, 0.5) is 0 Å². The number of hydrogen-bond acceptors (Lipinski definition) is 2. The SMILES string of the molecule is CC(c1ccc(Cl)cc1Cl)N(C)C(=O)c1cncc(Br)c1. The Kier molecular flexibility index (Phi) is 5.25. The molecule has 0 radical (unpaired) electrons. The van der Waals surface area contributed by atoms with Crippen molar-refractivity contribution in [3.05, 3.63) is 62.3 Å². The molecule has 110 valence electrons. The Bertz CT molecular complexity index is 678. The van der Waals surface area contributed by atoms with Gasteiger partial charge in [0.25, 0.3) is 5.91 Å². The van der Waals surface area contributed by atoms with Gasteiger partial charge in [0.05, 0.1) is 11.6 Å². The van der Waals surface area contributed by atoms with Crippen molar-refractivity contribution in [3.8, 4) is 0 Å². The summed E-state index contributed by atoms with van der Waals surface area (Å²) in [5.74, 6) is -0.123. The molecule has 0 aliphatic carbocycles. The summed E-state index contributed by atoms with van der Waals surface area (Å²) in [6.07, 6.45) is 3.18. The van der Waals surface area contributed by atoms with Gasteiger partial charge in [0.2, 0.25) is 0 Å². The number of benzene rings is 1. The molecule has 0 N–H and O–H groups in total. The third kappa shape index (κ3) is 3.76. The first kappa shape index (κ1) is 16.3. The average Bonchev–Trinajstić information content (AvgIpc) is 2.45. The molecule has 1 aromatic heterocycles. The topological polar surface area (TPSA) is 33.2 Å². The molecule has 0 bridgehead atoms. The van der Waals surface area contributed by atoms with Gasteiger partial charge >= 0.3 is 0 Å². The number of hydrogen-bond donors (Lipinski definition) is 0. The number of carbonyl (C=O) groups is 1. The number of carbonyl (C=O) groups excluding carboxylic acids is 1. The zero-order valence-corrected chi connectivity index (χ0v) is 14.6. The molecule has 0 spiro atoms. The second kappa shape index (κ2) is 6.77. The zero-order chi connectivity index (χ0) is 15.6. The highest BCUT2D eigenvalue weighted by Gasteiger charge is 2.21. The first-order valence-electron chi connectivity index (χ1n) is 6.23. The lowest BCUT2D eigenvalue weighted by Crippen LogP contribution is -2.29. The van der Waals surface area contributed by atoms with Crippen LogP contribution in [0.25, 0.3) is 0 Å². The molecular formula is C15H13BrCl2N2O. The molecule has 3 nitrogen and oxygen atoms in total. The highest BCUT2D eigenvalue weighted by Crippen LogP contribution is 2.29. The summed E-state index contributed by atoms with van der Waals surface area (Å²) in [6.45, 7) is 1.92. The van der Waals surface area contributed by atoms with Gasteiger partial charge in [0.1, 0.15) is 0 Å². The predicted octanol–water partition coefficient (Wildman–Crippen LogP) is 4.98. The van der Waals surface area contributed by atoms with Crippen LogP contribution >= 0.6 is 39.1 Å².